The molecule has 1 atom stereocenters. The predicted molar refractivity (Wildman–Crippen MR) is 84.2 cm³/mol. The van der Waals surface area contributed by atoms with E-state index in [-0.39, 0.29) is 37.9 Å². The summed E-state index contributed by atoms with van der Waals surface area (Å²) >= 11 is 0. The van der Waals surface area contributed by atoms with Crippen molar-refractivity contribution in [2.24, 2.45) is 5.92 Å². The van der Waals surface area contributed by atoms with Crippen LogP contribution in [0.2, 0.25) is 0 Å². The molecule has 0 N–H and O–H groups in total. The van der Waals surface area contributed by atoms with Gasteiger partial charge in [0.15, 0.2) is 0 Å². The molecule has 1 unspecified atom stereocenters. The van der Waals surface area contributed by atoms with Gasteiger partial charge in [-0.2, -0.15) is 10.5 Å². The minimum atomic E-state index is -0.510. The maximum atomic E-state index is 12.4. The summed E-state index contributed by atoms with van der Waals surface area (Å²) in [6.07, 6.45) is 0.111. The number of aryl methyl sites for hydroxylation is 2. The van der Waals surface area contributed by atoms with Crippen LogP contribution in [0, 0.1) is 42.4 Å². The molecule has 1 aliphatic rings. The van der Waals surface area contributed by atoms with Gasteiger partial charge in [-0.25, -0.2) is 0 Å². The lowest BCUT2D eigenvalue weighted by Crippen LogP contribution is -2.38. The van der Waals surface area contributed by atoms with Crippen LogP contribution in [0.4, 0.5) is 5.69 Å². The number of nitrogens with zero attached hydrogens (tertiary/aromatic N) is 4. The number of hydrogen-bond acceptors (Lipinski definition) is 4. The van der Waals surface area contributed by atoms with Crippen molar-refractivity contribution in [2.75, 3.05) is 24.5 Å². The normalized spacial score (nSPS) is 16.8. The Bertz CT molecular complexity index is 698. The first-order chi connectivity index (χ1) is 11.0. The van der Waals surface area contributed by atoms with Crippen LogP contribution in [0.1, 0.15) is 17.5 Å². The van der Waals surface area contributed by atoms with Crippen molar-refractivity contribution in [3.63, 3.8) is 0 Å². The largest absolute Gasteiger partial charge is 0.316 e. The number of rotatable bonds is 4. The molecule has 6 heteroatoms. The van der Waals surface area contributed by atoms with Crippen LogP contribution in [-0.4, -0.2) is 36.3 Å². The number of carbonyl (C=O) groups excluding carboxylic acids is 2. The lowest BCUT2D eigenvalue weighted by molar-refractivity contribution is -0.134. The Labute approximate surface area is 135 Å². The maximum absolute atomic E-state index is 12.4. The molecule has 0 radical (unpaired) electrons. The predicted octanol–water partition coefficient (Wildman–Crippen LogP) is 1.53. The molecule has 1 heterocycles. The van der Waals surface area contributed by atoms with Gasteiger partial charge < -0.3 is 9.80 Å². The monoisotopic (exact) mass is 310 g/mol. The standard InChI is InChI=1S/C17H18N4O2/c1-12-3-4-13(2)15(9-12)21-11-14(10-16(21)22)17(23)20(7-5-18)8-6-19/h3-4,9,14H,7-8,10-11H2,1-2H3. The molecule has 2 amide bonds. The van der Waals surface area contributed by atoms with Gasteiger partial charge in [0.2, 0.25) is 11.8 Å². The van der Waals surface area contributed by atoms with Gasteiger partial charge in [-0.05, 0) is 31.0 Å². The van der Waals surface area contributed by atoms with Crippen molar-refractivity contribution in [1.82, 2.24) is 4.90 Å². The van der Waals surface area contributed by atoms with E-state index in [2.05, 4.69) is 0 Å². The van der Waals surface area contributed by atoms with Crippen LogP contribution >= 0.6 is 0 Å². The highest BCUT2D eigenvalue weighted by Gasteiger charge is 2.37. The number of benzene rings is 1. The molecule has 1 aliphatic heterocycles. The van der Waals surface area contributed by atoms with Crippen molar-refractivity contribution in [2.45, 2.75) is 20.3 Å². The van der Waals surface area contributed by atoms with Crippen molar-refractivity contribution in [3.05, 3.63) is 29.3 Å². The molecule has 0 bridgehead atoms. The van der Waals surface area contributed by atoms with Crippen LogP contribution in [-0.2, 0) is 9.59 Å². The average Bonchev–Trinajstić information content (AvgIpc) is 2.90. The zero-order chi connectivity index (χ0) is 17.0. The Kier molecular flexibility index (Phi) is 4.98. The number of nitriles is 2. The van der Waals surface area contributed by atoms with Gasteiger partial charge >= 0.3 is 0 Å². The van der Waals surface area contributed by atoms with E-state index in [4.69, 9.17) is 10.5 Å². The minimum absolute atomic E-state index is 0.106. The van der Waals surface area contributed by atoms with Crippen molar-refractivity contribution >= 4 is 17.5 Å². The molecule has 0 saturated carbocycles. The molecule has 0 aromatic heterocycles. The SMILES string of the molecule is Cc1ccc(C)c(N2CC(C(=O)N(CC#N)CC#N)CC2=O)c1. The first kappa shape index (κ1) is 16.5. The molecule has 6 nitrogen and oxygen atoms in total. The van der Waals surface area contributed by atoms with Gasteiger partial charge in [-0.3, -0.25) is 9.59 Å². The molecular formula is C17H18N4O2. The molecule has 118 valence electrons. The topological polar surface area (TPSA) is 88.2 Å². The summed E-state index contributed by atoms with van der Waals surface area (Å²) in [4.78, 5) is 27.6. The van der Waals surface area contributed by atoms with Gasteiger partial charge in [0.05, 0.1) is 18.1 Å². The summed E-state index contributed by atoms with van der Waals surface area (Å²) in [6, 6.07) is 9.62. The van der Waals surface area contributed by atoms with Gasteiger partial charge in [0.1, 0.15) is 13.1 Å². The van der Waals surface area contributed by atoms with E-state index in [1.54, 1.807) is 4.90 Å². The number of anilines is 1. The van der Waals surface area contributed by atoms with E-state index in [1.165, 1.54) is 4.90 Å². The van der Waals surface area contributed by atoms with Gasteiger partial charge in [0, 0.05) is 18.7 Å². The second kappa shape index (κ2) is 6.93. The Morgan fingerprint density at radius 3 is 2.57 bits per heavy atom. The number of amides is 2. The smallest absolute Gasteiger partial charge is 0.229 e. The third-order valence-electron chi connectivity index (χ3n) is 3.96. The van der Waals surface area contributed by atoms with Crippen LogP contribution in [0.5, 0.6) is 0 Å². The fourth-order valence-electron chi connectivity index (χ4n) is 2.76. The number of carbonyl (C=O) groups is 2. The fourth-order valence-corrected chi connectivity index (χ4v) is 2.76. The van der Waals surface area contributed by atoms with Gasteiger partial charge in [-0.1, -0.05) is 12.1 Å². The third kappa shape index (κ3) is 3.49. The summed E-state index contributed by atoms with van der Waals surface area (Å²) in [7, 11) is 0. The summed E-state index contributed by atoms with van der Waals surface area (Å²) in [5.74, 6) is -0.927. The molecule has 2 rings (SSSR count). The van der Waals surface area contributed by atoms with E-state index in [9.17, 15) is 9.59 Å². The quantitative estimate of drug-likeness (QED) is 0.789. The van der Waals surface area contributed by atoms with Crippen molar-refractivity contribution < 1.29 is 9.59 Å². The first-order valence-electron chi connectivity index (χ1n) is 7.38. The zero-order valence-electron chi connectivity index (χ0n) is 13.2. The van der Waals surface area contributed by atoms with Crippen LogP contribution in [0.15, 0.2) is 18.2 Å². The van der Waals surface area contributed by atoms with E-state index in [0.717, 1.165) is 16.8 Å². The minimum Gasteiger partial charge on any atom is -0.316 e. The summed E-state index contributed by atoms with van der Waals surface area (Å²) < 4.78 is 0. The average molecular weight is 310 g/mol. The van der Waals surface area contributed by atoms with Gasteiger partial charge in [-0.15, -0.1) is 0 Å². The van der Waals surface area contributed by atoms with Crippen molar-refractivity contribution in [1.29, 1.82) is 10.5 Å². The number of hydrogen-bond donors (Lipinski definition) is 0. The van der Waals surface area contributed by atoms with Crippen molar-refractivity contribution in [3.8, 4) is 12.1 Å². The maximum Gasteiger partial charge on any atom is 0.229 e. The highest BCUT2D eigenvalue weighted by Crippen LogP contribution is 2.29. The Morgan fingerprint density at radius 1 is 1.30 bits per heavy atom. The van der Waals surface area contributed by atoms with E-state index in [1.807, 2.05) is 44.2 Å². The zero-order valence-corrected chi connectivity index (χ0v) is 13.2. The highest BCUT2D eigenvalue weighted by molar-refractivity contribution is 6.01. The molecule has 0 spiro atoms. The van der Waals surface area contributed by atoms with Crippen LogP contribution in [0.3, 0.4) is 0 Å². The van der Waals surface area contributed by atoms with E-state index >= 15 is 0 Å². The molecule has 0 aliphatic carbocycles. The van der Waals surface area contributed by atoms with E-state index < -0.39 is 5.92 Å². The molecule has 1 aromatic rings. The molecule has 1 fully saturated rings. The van der Waals surface area contributed by atoms with Crippen LogP contribution < -0.4 is 4.90 Å². The highest BCUT2D eigenvalue weighted by atomic mass is 16.2. The Hall–Kier alpha value is -2.86. The summed E-state index contributed by atoms with van der Waals surface area (Å²) in [5, 5.41) is 17.5. The molecular weight excluding hydrogens is 292 g/mol. The van der Waals surface area contributed by atoms with Gasteiger partial charge in [0.25, 0.3) is 0 Å². The van der Waals surface area contributed by atoms with Crippen LogP contribution in [0.25, 0.3) is 0 Å². The van der Waals surface area contributed by atoms with E-state index in [0.29, 0.717) is 0 Å². The summed E-state index contributed by atoms with van der Waals surface area (Å²) in [5.41, 5.74) is 2.84. The lowest BCUT2D eigenvalue weighted by Gasteiger charge is -2.22. The first-order valence-corrected chi connectivity index (χ1v) is 7.38. The fraction of sp³-hybridized carbons (Fsp3) is 0.412. The second-order valence-electron chi connectivity index (χ2n) is 5.71. The molecule has 23 heavy (non-hydrogen) atoms. The summed E-state index contributed by atoms with van der Waals surface area (Å²) in [6.45, 7) is 3.89. The lowest BCUT2D eigenvalue weighted by atomic mass is 10.1. The Morgan fingerprint density at radius 2 is 1.96 bits per heavy atom. The third-order valence-corrected chi connectivity index (χ3v) is 3.96. The molecule has 1 saturated heterocycles. The Balaban J connectivity index is 2.19. The molecule has 1 aromatic carbocycles. The second-order valence-corrected chi connectivity index (χ2v) is 5.71.